The number of carbonyl (C=O) groups is 1. The number of rotatable bonds is 2. The zero-order valence-corrected chi connectivity index (χ0v) is 7.12. The summed E-state index contributed by atoms with van der Waals surface area (Å²) in [5.41, 5.74) is 4.93. The van der Waals surface area contributed by atoms with E-state index in [0.717, 1.165) is 4.31 Å². The topological polar surface area (TPSA) is 101 Å². The maximum Gasteiger partial charge on any atom is 0.336 e. The number of primary amides is 1. The minimum absolute atomic E-state index is 0.159. The van der Waals surface area contributed by atoms with E-state index in [1.807, 2.05) is 0 Å². The van der Waals surface area contributed by atoms with Gasteiger partial charge in [0.2, 0.25) is 5.91 Å². The molecule has 1 fully saturated rings. The van der Waals surface area contributed by atoms with Gasteiger partial charge in [-0.15, -0.1) is 0 Å². The summed E-state index contributed by atoms with van der Waals surface area (Å²) in [4.78, 5) is 10.7. The maximum atomic E-state index is 10.7. The van der Waals surface area contributed by atoms with Gasteiger partial charge in [0, 0.05) is 6.54 Å². The van der Waals surface area contributed by atoms with Crippen molar-refractivity contribution in [3.05, 3.63) is 0 Å². The molecule has 0 spiro atoms. The Morgan fingerprint density at radius 1 is 1.58 bits per heavy atom. The van der Waals surface area contributed by atoms with Crippen LogP contribution in [-0.2, 0) is 15.1 Å². The van der Waals surface area contributed by atoms with E-state index in [-0.39, 0.29) is 6.54 Å². The molecular formula is C5H10N2O4S. The highest BCUT2D eigenvalue weighted by Gasteiger charge is 2.36. The first-order valence-electron chi connectivity index (χ1n) is 3.46. The molecule has 1 heterocycles. The van der Waals surface area contributed by atoms with Crippen molar-refractivity contribution in [2.75, 3.05) is 6.54 Å². The summed E-state index contributed by atoms with van der Waals surface area (Å²) in [6.07, 6.45) is 0.933. The largest absolute Gasteiger partial charge is 0.368 e. The molecule has 0 aliphatic carbocycles. The van der Waals surface area contributed by atoms with Gasteiger partial charge in [0.15, 0.2) is 0 Å². The summed E-state index contributed by atoms with van der Waals surface area (Å²) in [6.45, 7) is 0.159. The third-order valence-electron chi connectivity index (χ3n) is 1.83. The van der Waals surface area contributed by atoms with Crippen molar-refractivity contribution in [1.29, 1.82) is 0 Å². The van der Waals surface area contributed by atoms with Gasteiger partial charge in [-0.25, -0.2) is 0 Å². The van der Waals surface area contributed by atoms with E-state index in [9.17, 15) is 13.2 Å². The number of nitrogens with two attached hydrogens (primary N) is 1. The van der Waals surface area contributed by atoms with Crippen LogP contribution in [-0.4, -0.2) is 35.8 Å². The molecule has 1 rings (SSSR count). The average Bonchev–Trinajstić information content (AvgIpc) is 2.30. The molecule has 1 atom stereocenters. The van der Waals surface area contributed by atoms with Crippen molar-refractivity contribution < 1.29 is 17.8 Å². The number of carbonyl (C=O) groups excluding carboxylic acids is 1. The molecule has 0 saturated carbocycles. The molecule has 0 aromatic heterocycles. The van der Waals surface area contributed by atoms with Crippen molar-refractivity contribution in [3.8, 4) is 0 Å². The predicted molar refractivity (Wildman–Crippen MR) is 40.5 cm³/mol. The summed E-state index contributed by atoms with van der Waals surface area (Å²) in [5.74, 6) is -0.717. The zero-order chi connectivity index (χ0) is 9.35. The fraction of sp³-hybridized carbons (Fsp3) is 0.800. The average molecular weight is 194 g/mol. The SMILES string of the molecule is NC(=O)[C@@H]1CCCN1S(=O)(=O)O. The van der Waals surface area contributed by atoms with Crippen molar-refractivity contribution in [1.82, 2.24) is 4.31 Å². The van der Waals surface area contributed by atoms with Crippen LogP contribution in [0.4, 0.5) is 0 Å². The Morgan fingerprint density at radius 2 is 2.17 bits per heavy atom. The summed E-state index contributed by atoms with van der Waals surface area (Å²) in [6, 6.07) is -0.875. The highest BCUT2D eigenvalue weighted by molar-refractivity contribution is 7.83. The van der Waals surface area contributed by atoms with E-state index in [1.54, 1.807) is 0 Å². The van der Waals surface area contributed by atoms with Crippen LogP contribution in [0.2, 0.25) is 0 Å². The third kappa shape index (κ3) is 1.74. The lowest BCUT2D eigenvalue weighted by molar-refractivity contribution is -0.121. The van der Waals surface area contributed by atoms with Gasteiger partial charge in [0.1, 0.15) is 6.04 Å². The van der Waals surface area contributed by atoms with Gasteiger partial charge in [-0.1, -0.05) is 0 Å². The molecule has 6 nitrogen and oxygen atoms in total. The molecule has 0 bridgehead atoms. The number of nitrogens with zero attached hydrogens (tertiary/aromatic N) is 1. The Morgan fingerprint density at radius 3 is 2.50 bits per heavy atom. The first kappa shape index (κ1) is 9.43. The molecule has 1 aliphatic heterocycles. The molecule has 1 amide bonds. The van der Waals surface area contributed by atoms with E-state index >= 15 is 0 Å². The van der Waals surface area contributed by atoms with Crippen molar-refractivity contribution in [2.24, 2.45) is 5.73 Å². The Bertz CT molecular complexity index is 286. The van der Waals surface area contributed by atoms with E-state index in [0.29, 0.717) is 12.8 Å². The molecule has 7 heteroatoms. The number of hydrogen-bond acceptors (Lipinski definition) is 3. The lowest BCUT2D eigenvalue weighted by atomic mass is 10.2. The molecule has 70 valence electrons. The Hall–Kier alpha value is -0.660. The fourth-order valence-electron chi connectivity index (χ4n) is 1.30. The van der Waals surface area contributed by atoms with E-state index < -0.39 is 22.3 Å². The van der Waals surface area contributed by atoms with Crippen molar-refractivity contribution in [3.63, 3.8) is 0 Å². The minimum Gasteiger partial charge on any atom is -0.368 e. The molecule has 12 heavy (non-hydrogen) atoms. The minimum atomic E-state index is -4.26. The van der Waals surface area contributed by atoms with Crippen LogP contribution in [0.1, 0.15) is 12.8 Å². The quantitative estimate of drug-likeness (QED) is 0.535. The highest BCUT2D eigenvalue weighted by Crippen LogP contribution is 2.19. The zero-order valence-electron chi connectivity index (χ0n) is 6.30. The second kappa shape index (κ2) is 3.00. The van der Waals surface area contributed by atoms with E-state index in [4.69, 9.17) is 10.3 Å². The summed E-state index contributed by atoms with van der Waals surface area (Å²) in [7, 11) is -4.26. The van der Waals surface area contributed by atoms with Crippen LogP contribution in [0.5, 0.6) is 0 Å². The van der Waals surface area contributed by atoms with Crippen molar-refractivity contribution in [2.45, 2.75) is 18.9 Å². The van der Waals surface area contributed by atoms with Gasteiger partial charge in [0.05, 0.1) is 0 Å². The Labute approximate surface area is 70.2 Å². The molecule has 1 aliphatic rings. The van der Waals surface area contributed by atoms with Gasteiger partial charge in [-0.05, 0) is 12.8 Å². The van der Waals surface area contributed by atoms with Crippen LogP contribution in [0, 0.1) is 0 Å². The Kier molecular flexibility index (Phi) is 2.36. The first-order chi connectivity index (χ1) is 5.43. The summed E-state index contributed by atoms with van der Waals surface area (Å²) < 4.78 is 30.6. The molecule has 0 radical (unpaired) electrons. The van der Waals surface area contributed by atoms with Crippen LogP contribution in [0.15, 0.2) is 0 Å². The molecule has 3 N–H and O–H groups in total. The monoisotopic (exact) mass is 194 g/mol. The third-order valence-corrected chi connectivity index (χ3v) is 2.86. The number of hydrogen-bond donors (Lipinski definition) is 2. The van der Waals surface area contributed by atoms with Gasteiger partial charge >= 0.3 is 10.3 Å². The summed E-state index contributed by atoms with van der Waals surface area (Å²) >= 11 is 0. The van der Waals surface area contributed by atoms with Crippen LogP contribution in [0.3, 0.4) is 0 Å². The van der Waals surface area contributed by atoms with Crippen LogP contribution >= 0.6 is 0 Å². The normalized spacial score (nSPS) is 25.9. The van der Waals surface area contributed by atoms with E-state index in [1.165, 1.54) is 0 Å². The second-order valence-corrected chi connectivity index (χ2v) is 4.01. The van der Waals surface area contributed by atoms with Crippen molar-refractivity contribution >= 4 is 16.2 Å². The van der Waals surface area contributed by atoms with Crippen LogP contribution in [0.25, 0.3) is 0 Å². The lowest BCUT2D eigenvalue weighted by Gasteiger charge is -2.16. The maximum absolute atomic E-state index is 10.7. The molecular weight excluding hydrogens is 184 g/mol. The predicted octanol–water partition coefficient (Wildman–Crippen LogP) is -1.26. The smallest absolute Gasteiger partial charge is 0.336 e. The van der Waals surface area contributed by atoms with Crippen LogP contribution < -0.4 is 5.73 Å². The van der Waals surface area contributed by atoms with Gasteiger partial charge in [0.25, 0.3) is 0 Å². The molecule has 0 unspecified atom stereocenters. The summed E-state index contributed by atoms with van der Waals surface area (Å²) in [5, 5.41) is 0. The van der Waals surface area contributed by atoms with E-state index in [2.05, 4.69) is 0 Å². The Balaban J connectivity index is 2.85. The molecule has 1 saturated heterocycles. The van der Waals surface area contributed by atoms with Gasteiger partial charge < -0.3 is 5.73 Å². The molecule has 0 aromatic rings. The number of amides is 1. The molecule has 0 aromatic carbocycles. The first-order valence-corrected chi connectivity index (χ1v) is 4.86. The van der Waals surface area contributed by atoms with Gasteiger partial charge in [-0.2, -0.15) is 12.7 Å². The van der Waals surface area contributed by atoms with Gasteiger partial charge in [-0.3, -0.25) is 9.35 Å². The lowest BCUT2D eigenvalue weighted by Crippen LogP contribution is -2.43. The second-order valence-electron chi connectivity index (χ2n) is 2.65. The highest BCUT2D eigenvalue weighted by atomic mass is 32.2. The standard InChI is InChI=1S/C5H10N2O4S/c6-5(8)4-2-1-3-7(4)12(9,10)11/h4H,1-3H2,(H2,6,8)(H,9,10,11)/t4-/m0/s1. The fourth-order valence-corrected chi connectivity index (χ4v) is 2.19.